The van der Waals surface area contributed by atoms with E-state index < -0.39 is 30.9 Å². The Morgan fingerprint density at radius 2 is 1.86 bits per heavy atom. The summed E-state index contributed by atoms with van der Waals surface area (Å²) in [5.74, 6) is -2.92. The molecule has 7 nitrogen and oxygen atoms in total. The number of carboxylic acid groups (broad SMARTS) is 1. The Morgan fingerprint density at radius 1 is 1.29 bits per heavy atom. The lowest BCUT2D eigenvalue weighted by molar-refractivity contribution is -0.153. The van der Waals surface area contributed by atoms with E-state index in [4.69, 9.17) is 10.2 Å². The molecule has 80 valence electrons. The van der Waals surface area contributed by atoms with E-state index in [0.29, 0.717) is 4.90 Å². The first kappa shape index (κ1) is 12.5. The number of nitrogens with zero attached hydrogens (tertiary/aromatic N) is 1. The van der Waals surface area contributed by atoms with Crippen LogP contribution >= 0.6 is 0 Å². The molecular formula is C7H12N2O5. The van der Waals surface area contributed by atoms with Crippen LogP contribution in [0.2, 0.25) is 0 Å². The third kappa shape index (κ3) is 3.97. The summed E-state index contributed by atoms with van der Waals surface area (Å²) in [7, 11) is 1.49. The highest BCUT2D eigenvalue weighted by Crippen LogP contribution is 1.90. The first-order valence-electron chi connectivity index (χ1n) is 3.83. The molecule has 0 unspecified atom stereocenters. The van der Waals surface area contributed by atoms with E-state index in [9.17, 15) is 14.4 Å². The molecule has 7 heteroatoms. The zero-order chi connectivity index (χ0) is 11.1. The lowest BCUT2D eigenvalue weighted by Crippen LogP contribution is -2.45. The van der Waals surface area contributed by atoms with Gasteiger partial charge in [0.1, 0.15) is 13.2 Å². The number of hydrogen-bond donors (Lipinski definition) is 3. The number of rotatable bonds is 5. The van der Waals surface area contributed by atoms with Crippen molar-refractivity contribution < 1.29 is 24.6 Å². The molecule has 3 N–H and O–H groups in total. The van der Waals surface area contributed by atoms with E-state index in [0.717, 1.165) is 0 Å². The third-order valence-electron chi connectivity index (χ3n) is 1.36. The lowest BCUT2D eigenvalue weighted by atomic mass is 10.4. The number of imide groups is 1. The van der Waals surface area contributed by atoms with Crippen molar-refractivity contribution in [2.24, 2.45) is 0 Å². The number of aliphatic carboxylic acids is 1. The highest BCUT2D eigenvalue weighted by molar-refractivity contribution is 5.99. The molecule has 0 saturated carbocycles. The van der Waals surface area contributed by atoms with E-state index in [1.807, 2.05) is 0 Å². The second-order valence-electron chi connectivity index (χ2n) is 2.46. The quantitative estimate of drug-likeness (QED) is 0.462. The largest absolute Gasteiger partial charge is 0.480 e. The minimum atomic E-state index is -1.31. The number of nitrogens with one attached hydrogen (secondary N) is 1. The van der Waals surface area contributed by atoms with Crippen LogP contribution in [0.15, 0.2) is 0 Å². The normalized spacial score (nSPS) is 9.57. The van der Waals surface area contributed by atoms with Gasteiger partial charge in [0.15, 0.2) is 0 Å². The number of likely N-dealkylation sites (N-methyl/N-ethyl adjacent to an activating group) is 1. The maximum absolute atomic E-state index is 11.1. The molecule has 2 amide bonds. The number of carbonyl (C=O) groups excluding carboxylic acids is 2. The number of carboxylic acids is 1. The summed E-state index contributed by atoms with van der Waals surface area (Å²) < 4.78 is 0. The van der Waals surface area contributed by atoms with Crippen LogP contribution in [-0.2, 0) is 14.4 Å². The molecular weight excluding hydrogens is 192 g/mol. The Morgan fingerprint density at radius 3 is 2.21 bits per heavy atom. The zero-order valence-corrected chi connectivity index (χ0v) is 7.69. The van der Waals surface area contributed by atoms with Gasteiger partial charge in [-0.1, -0.05) is 0 Å². The van der Waals surface area contributed by atoms with Gasteiger partial charge < -0.3 is 15.5 Å². The summed E-state index contributed by atoms with van der Waals surface area (Å²) in [6, 6.07) is 0. The van der Waals surface area contributed by atoms with Crippen LogP contribution in [0.5, 0.6) is 0 Å². The average molecular weight is 204 g/mol. The predicted octanol–water partition coefficient (Wildman–Crippen LogP) is -2.36. The highest BCUT2D eigenvalue weighted by atomic mass is 16.4. The van der Waals surface area contributed by atoms with Crippen molar-refractivity contribution >= 4 is 17.8 Å². The molecule has 0 aromatic heterocycles. The minimum Gasteiger partial charge on any atom is -0.480 e. The molecule has 0 saturated heterocycles. The number of hydrogen-bond acceptors (Lipinski definition) is 5. The summed E-state index contributed by atoms with van der Waals surface area (Å²) in [4.78, 5) is 32.9. The SMILES string of the molecule is CNCC(=O)N(CC(=O)O)C(=O)CO. The standard InChI is InChI=1S/C7H12N2O5/c1-8-2-5(11)9(3-7(13)14)6(12)4-10/h8,10H,2-4H2,1H3,(H,13,14). The van der Waals surface area contributed by atoms with Crippen LogP contribution in [-0.4, -0.2) is 59.6 Å². The molecule has 0 aromatic rings. The number of aliphatic hydroxyl groups is 1. The van der Waals surface area contributed by atoms with Gasteiger partial charge in [-0.25, -0.2) is 0 Å². The van der Waals surface area contributed by atoms with Crippen LogP contribution in [0.1, 0.15) is 0 Å². The third-order valence-corrected chi connectivity index (χ3v) is 1.36. The Bertz CT molecular complexity index is 240. The molecule has 0 bridgehead atoms. The molecule has 0 atom stereocenters. The number of carbonyl (C=O) groups is 3. The number of amides is 2. The van der Waals surface area contributed by atoms with E-state index in [-0.39, 0.29) is 6.54 Å². The van der Waals surface area contributed by atoms with Crippen molar-refractivity contribution in [1.82, 2.24) is 10.2 Å². The second-order valence-corrected chi connectivity index (χ2v) is 2.46. The van der Waals surface area contributed by atoms with Crippen molar-refractivity contribution in [2.45, 2.75) is 0 Å². The highest BCUT2D eigenvalue weighted by Gasteiger charge is 2.22. The summed E-state index contributed by atoms with van der Waals surface area (Å²) in [6.45, 7) is -1.78. The maximum atomic E-state index is 11.1. The van der Waals surface area contributed by atoms with E-state index in [1.54, 1.807) is 0 Å². The first-order chi connectivity index (χ1) is 6.52. The van der Waals surface area contributed by atoms with Gasteiger partial charge in [0, 0.05) is 0 Å². The van der Waals surface area contributed by atoms with Gasteiger partial charge in [-0.3, -0.25) is 19.3 Å². The Hall–Kier alpha value is -1.47. The van der Waals surface area contributed by atoms with Gasteiger partial charge in [0.05, 0.1) is 6.54 Å². The fourth-order valence-electron chi connectivity index (χ4n) is 0.783. The van der Waals surface area contributed by atoms with Crippen LogP contribution in [0.4, 0.5) is 0 Å². The molecule has 0 spiro atoms. The molecule has 0 heterocycles. The predicted molar refractivity (Wildman–Crippen MR) is 45.4 cm³/mol. The van der Waals surface area contributed by atoms with Crippen molar-refractivity contribution in [3.05, 3.63) is 0 Å². The Labute approximate surface area is 80.3 Å². The molecule has 0 rings (SSSR count). The fraction of sp³-hybridized carbons (Fsp3) is 0.571. The van der Waals surface area contributed by atoms with Crippen molar-refractivity contribution in [1.29, 1.82) is 0 Å². The van der Waals surface area contributed by atoms with Crippen molar-refractivity contribution in [3.63, 3.8) is 0 Å². The first-order valence-corrected chi connectivity index (χ1v) is 3.83. The molecule has 0 aliphatic carbocycles. The van der Waals surface area contributed by atoms with Gasteiger partial charge >= 0.3 is 5.97 Å². The fourth-order valence-corrected chi connectivity index (χ4v) is 0.783. The van der Waals surface area contributed by atoms with Crippen molar-refractivity contribution in [3.8, 4) is 0 Å². The van der Waals surface area contributed by atoms with E-state index in [2.05, 4.69) is 5.32 Å². The topological polar surface area (TPSA) is 107 Å². The van der Waals surface area contributed by atoms with Gasteiger partial charge in [-0.2, -0.15) is 0 Å². The number of aliphatic hydroxyl groups excluding tert-OH is 1. The summed E-state index contributed by atoms with van der Waals surface area (Å²) in [5.41, 5.74) is 0. The molecule has 0 aromatic carbocycles. The van der Waals surface area contributed by atoms with Gasteiger partial charge in [-0.05, 0) is 7.05 Å². The maximum Gasteiger partial charge on any atom is 0.323 e. The minimum absolute atomic E-state index is 0.154. The average Bonchev–Trinajstić information content (AvgIpc) is 2.13. The summed E-state index contributed by atoms with van der Waals surface area (Å²) in [5, 5.41) is 19.4. The van der Waals surface area contributed by atoms with Gasteiger partial charge in [0.25, 0.3) is 5.91 Å². The van der Waals surface area contributed by atoms with Crippen LogP contribution in [0.25, 0.3) is 0 Å². The van der Waals surface area contributed by atoms with Crippen LogP contribution in [0.3, 0.4) is 0 Å². The summed E-state index contributed by atoms with van der Waals surface area (Å²) >= 11 is 0. The second kappa shape index (κ2) is 6.06. The van der Waals surface area contributed by atoms with Crippen LogP contribution < -0.4 is 5.32 Å². The zero-order valence-electron chi connectivity index (χ0n) is 7.69. The van der Waals surface area contributed by atoms with Crippen molar-refractivity contribution in [2.75, 3.05) is 26.7 Å². The molecule has 0 aliphatic rings. The monoisotopic (exact) mass is 204 g/mol. The smallest absolute Gasteiger partial charge is 0.323 e. The lowest BCUT2D eigenvalue weighted by Gasteiger charge is -2.17. The Kier molecular flexibility index (Phi) is 5.42. The van der Waals surface area contributed by atoms with Gasteiger partial charge in [0.2, 0.25) is 5.91 Å². The van der Waals surface area contributed by atoms with E-state index >= 15 is 0 Å². The molecule has 0 aliphatic heterocycles. The molecule has 0 radical (unpaired) electrons. The van der Waals surface area contributed by atoms with Crippen LogP contribution in [0, 0.1) is 0 Å². The Balaban J connectivity index is 4.45. The molecule has 0 fully saturated rings. The van der Waals surface area contributed by atoms with E-state index in [1.165, 1.54) is 7.05 Å². The molecule has 14 heavy (non-hydrogen) atoms. The summed E-state index contributed by atoms with van der Waals surface area (Å²) in [6.07, 6.45) is 0. The van der Waals surface area contributed by atoms with Gasteiger partial charge in [-0.15, -0.1) is 0 Å².